The average Bonchev–Trinajstić information content (AvgIpc) is 2.71. The molecule has 1 N–H and O–H groups in total. The summed E-state index contributed by atoms with van der Waals surface area (Å²) < 4.78 is 0. The molecule has 3 heteroatoms. The molecule has 1 saturated carbocycles. The van der Waals surface area contributed by atoms with Crippen molar-refractivity contribution in [2.75, 3.05) is 0 Å². The maximum Gasteiger partial charge on any atom is 0.154 e. The summed E-state index contributed by atoms with van der Waals surface area (Å²) in [6, 6.07) is 0. The quantitative estimate of drug-likeness (QED) is 0.756. The van der Waals surface area contributed by atoms with Crippen LogP contribution >= 0.6 is 0 Å². The summed E-state index contributed by atoms with van der Waals surface area (Å²) in [5.41, 5.74) is 0. The van der Waals surface area contributed by atoms with Gasteiger partial charge in [-0.2, -0.15) is 5.10 Å². The van der Waals surface area contributed by atoms with Crippen molar-refractivity contribution in [1.82, 2.24) is 15.2 Å². The maximum atomic E-state index is 4.49. The first-order valence-corrected chi connectivity index (χ1v) is 5.22. The Labute approximate surface area is 79.0 Å². The van der Waals surface area contributed by atoms with E-state index in [1.54, 1.807) is 0 Å². The van der Waals surface area contributed by atoms with Crippen molar-refractivity contribution in [3.63, 3.8) is 0 Å². The van der Waals surface area contributed by atoms with Crippen LogP contribution in [0.4, 0.5) is 0 Å². The predicted octanol–water partition coefficient (Wildman–Crippen LogP) is 2.27. The van der Waals surface area contributed by atoms with Gasteiger partial charge in [0.15, 0.2) is 5.82 Å². The van der Waals surface area contributed by atoms with Gasteiger partial charge in [-0.3, -0.25) is 5.10 Å². The maximum absolute atomic E-state index is 4.49. The van der Waals surface area contributed by atoms with E-state index < -0.39 is 0 Å². The number of aromatic nitrogens is 3. The van der Waals surface area contributed by atoms with Gasteiger partial charge in [0.05, 0.1) is 0 Å². The van der Waals surface area contributed by atoms with Gasteiger partial charge in [0.25, 0.3) is 0 Å². The van der Waals surface area contributed by atoms with Crippen LogP contribution < -0.4 is 0 Å². The Morgan fingerprint density at radius 3 is 2.85 bits per heavy atom. The predicted molar refractivity (Wildman–Crippen MR) is 51.5 cm³/mol. The third kappa shape index (κ3) is 1.60. The van der Waals surface area contributed by atoms with Crippen LogP contribution in [0.2, 0.25) is 0 Å². The van der Waals surface area contributed by atoms with Crippen molar-refractivity contribution < 1.29 is 0 Å². The highest BCUT2D eigenvalue weighted by molar-refractivity contribution is 5.02. The minimum absolute atomic E-state index is 0.608. The molecular weight excluding hydrogens is 162 g/mol. The Kier molecular flexibility index (Phi) is 2.34. The highest BCUT2D eigenvalue weighted by Crippen LogP contribution is 2.37. The SMILES string of the molecule is CCc1nc(C2CCCC2C)n[nH]1. The van der Waals surface area contributed by atoms with Gasteiger partial charge < -0.3 is 0 Å². The lowest BCUT2D eigenvalue weighted by molar-refractivity contribution is 0.511. The average molecular weight is 179 g/mol. The van der Waals surface area contributed by atoms with Gasteiger partial charge >= 0.3 is 0 Å². The summed E-state index contributed by atoms with van der Waals surface area (Å²) in [7, 11) is 0. The Morgan fingerprint density at radius 1 is 1.46 bits per heavy atom. The van der Waals surface area contributed by atoms with E-state index in [9.17, 15) is 0 Å². The van der Waals surface area contributed by atoms with E-state index >= 15 is 0 Å². The Morgan fingerprint density at radius 2 is 2.31 bits per heavy atom. The van der Waals surface area contributed by atoms with Crippen LogP contribution in [0.5, 0.6) is 0 Å². The van der Waals surface area contributed by atoms with Crippen molar-refractivity contribution in [3.05, 3.63) is 11.6 Å². The molecule has 1 fully saturated rings. The number of hydrogen-bond donors (Lipinski definition) is 1. The summed E-state index contributed by atoms with van der Waals surface area (Å²) in [4.78, 5) is 4.49. The van der Waals surface area contributed by atoms with Crippen LogP contribution in [-0.4, -0.2) is 15.2 Å². The van der Waals surface area contributed by atoms with E-state index in [0.717, 1.165) is 24.0 Å². The zero-order valence-corrected chi connectivity index (χ0v) is 8.38. The molecule has 0 bridgehead atoms. The molecule has 0 aromatic carbocycles. The molecule has 2 atom stereocenters. The molecule has 1 aliphatic rings. The number of rotatable bonds is 2. The molecule has 72 valence electrons. The first-order valence-electron chi connectivity index (χ1n) is 5.22. The van der Waals surface area contributed by atoms with E-state index in [0.29, 0.717) is 5.92 Å². The zero-order chi connectivity index (χ0) is 9.26. The van der Waals surface area contributed by atoms with Gasteiger partial charge in [0.2, 0.25) is 0 Å². The Balaban J connectivity index is 2.15. The van der Waals surface area contributed by atoms with E-state index in [-0.39, 0.29) is 0 Å². The number of H-pyrrole nitrogens is 1. The molecule has 0 radical (unpaired) electrons. The number of hydrogen-bond acceptors (Lipinski definition) is 2. The minimum atomic E-state index is 0.608. The van der Waals surface area contributed by atoms with Gasteiger partial charge in [-0.05, 0) is 18.8 Å². The zero-order valence-electron chi connectivity index (χ0n) is 8.38. The fraction of sp³-hybridized carbons (Fsp3) is 0.800. The number of aryl methyl sites for hydroxylation is 1. The molecule has 0 spiro atoms. The molecule has 2 unspecified atom stereocenters. The molecule has 0 aliphatic heterocycles. The molecule has 13 heavy (non-hydrogen) atoms. The topological polar surface area (TPSA) is 41.6 Å². The lowest BCUT2D eigenvalue weighted by atomic mass is 9.98. The number of nitrogens with zero attached hydrogens (tertiary/aromatic N) is 2. The highest BCUT2D eigenvalue weighted by atomic mass is 15.2. The summed E-state index contributed by atoms with van der Waals surface area (Å²) >= 11 is 0. The fourth-order valence-corrected chi connectivity index (χ4v) is 2.16. The second kappa shape index (κ2) is 3.48. The molecule has 0 saturated heterocycles. The Bertz CT molecular complexity index is 279. The first-order chi connectivity index (χ1) is 6.31. The number of aromatic amines is 1. The minimum Gasteiger partial charge on any atom is -0.263 e. The normalized spacial score (nSPS) is 28.2. The van der Waals surface area contributed by atoms with Gasteiger partial charge in [-0.1, -0.05) is 20.3 Å². The highest BCUT2D eigenvalue weighted by Gasteiger charge is 2.27. The fourth-order valence-electron chi connectivity index (χ4n) is 2.16. The third-order valence-electron chi connectivity index (χ3n) is 3.08. The molecule has 3 nitrogen and oxygen atoms in total. The van der Waals surface area contributed by atoms with Crippen molar-refractivity contribution in [2.24, 2.45) is 5.92 Å². The van der Waals surface area contributed by atoms with Gasteiger partial charge in [0.1, 0.15) is 5.82 Å². The Hall–Kier alpha value is -0.860. The molecule has 1 aliphatic carbocycles. The van der Waals surface area contributed by atoms with Crippen LogP contribution in [0.25, 0.3) is 0 Å². The van der Waals surface area contributed by atoms with E-state index in [1.807, 2.05) is 0 Å². The van der Waals surface area contributed by atoms with Crippen molar-refractivity contribution in [3.8, 4) is 0 Å². The van der Waals surface area contributed by atoms with Crippen LogP contribution in [-0.2, 0) is 6.42 Å². The van der Waals surface area contributed by atoms with Gasteiger partial charge in [0, 0.05) is 12.3 Å². The third-order valence-corrected chi connectivity index (χ3v) is 3.08. The second-order valence-corrected chi connectivity index (χ2v) is 4.01. The molecule has 2 rings (SSSR count). The summed E-state index contributed by atoms with van der Waals surface area (Å²) in [6.07, 6.45) is 4.89. The van der Waals surface area contributed by atoms with E-state index in [2.05, 4.69) is 29.0 Å². The monoisotopic (exact) mass is 179 g/mol. The van der Waals surface area contributed by atoms with Crippen LogP contribution in [0.3, 0.4) is 0 Å². The first kappa shape index (κ1) is 8.73. The number of nitrogens with one attached hydrogen (secondary N) is 1. The smallest absolute Gasteiger partial charge is 0.154 e. The molecular formula is C10H17N3. The lowest BCUT2D eigenvalue weighted by Crippen LogP contribution is -2.04. The summed E-state index contributed by atoms with van der Waals surface area (Å²) in [6.45, 7) is 4.40. The van der Waals surface area contributed by atoms with Crippen LogP contribution in [0.1, 0.15) is 50.7 Å². The van der Waals surface area contributed by atoms with E-state index in [4.69, 9.17) is 0 Å². The van der Waals surface area contributed by atoms with Crippen molar-refractivity contribution in [1.29, 1.82) is 0 Å². The second-order valence-electron chi connectivity index (χ2n) is 4.01. The molecule has 0 amide bonds. The molecule has 1 aromatic rings. The summed E-state index contributed by atoms with van der Waals surface area (Å²) in [5.74, 6) is 3.44. The van der Waals surface area contributed by atoms with Gasteiger partial charge in [-0.15, -0.1) is 0 Å². The van der Waals surface area contributed by atoms with Crippen molar-refractivity contribution >= 4 is 0 Å². The van der Waals surface area contributed by atoms with E-state index in [1.165, 1.54) is 19.3 Å². The van der Waals surface area contributed by atoms with Crippen molar-refractivity contribution in [2.45, 2.75) is 45.4 Å². The summed E-state index contributed by atoms with van der Waals surface area (Å²) in [5, 5.41) is 7.28. The van der Waals surface area contributed by atoms with Crippen LogP contribution in [0.15, 0.2) is 0 Å². The van der Waals surface area contributed by atoms with Crippen LogP contribution in [0, 0.1) is 5.92 Å². The van der Waals surface area contributed by atoms with Gasteiger partial charge in [-0.25, -0.2) is 4.98 Å². The standard InChI is InChI=1S/C10H17N3/c1-3-9-11-10(13-12-9)8-6-4-5-7(8)2/h7-8H,3-6H2,1-2H3,(H,11,12,13). The largest absolute Gasteiger partial charge is 0.263 e. The molecule has 1 aromatic heterocycles. The lowest BCUT2D eigenvalue weighted by Gasteiger charge is -2.09. The molecule has 1 heterocycles.